The number of amides is 2. The van der Waals surface area contributed by atoms with Crippen molar-refractivity contribution in [3.05, 3.63) is 106 Å². The van der Waals surface area contributed by atoms with Crippen LogP contribution in [0.3, 0.4) is 0 Å². The fourth-order valence-electron chi connectivity index (χ4n) is 5.83. The Balaban J connectivity index is 1.28. The molecule has 2 amide bonds. The zero-order valence-electron chi connectivity index (χ0n) is 30.0. The van der Waals surface area contributed by atoms with Crippen molar-refractivity contribution in [1.82, 2.24) is 0 Å². The van der Waals surface area contributed by atoms with Crippen molar-refractivity contribution in [2.75, 3.05) is 10.6 Å². The maximum absolute atomic E-state index is 13.1. The fraction of sp³-hybridized carbons (Fsp3) is 0.0541. The summed E-state index contributed by atoms with van der Waals surface area (Å²) in [6, 6.07) is 15.2. The van der Waals surface area contributed by atoms with Crippen LogP contribution in [0, 0.1) is 13.8 Å². The zero-order chi connectivity index (χ0) is 43.1. The average molecular weight is 863 g/mol. The maximum atomic E-state index is 13.1. The Labute approximate surface area is 337 Å². The zero-order valence-corrected chi connectivity index (χ0v) is 32.4. The number of hydrogen-bond donors (Lipinski definition) is 8. The van der Waals surface area contributed by atoms with Crippen LogP contribution in [0.1, 0.15) is 31.8 Å². The van der Waals surface area contributed by atoms with Crippen molar-refractivity contribution in [1.29, 1.82) is 0 Å². The molecule has 6 aromatic carbocycles. The molecule has 0 spiro atoms. The number of azo groups is 2. The molecule has 8 N–H and O–H groups in total. The number of carbonyl (C=O) groups excluding carboxylic acids is 1. The summed E-state index contributed by atoms with van der Waals surface area (Å²) in [6.07, 6.45) is 0. The van der Waals surface area contributed by atoms with Gasteiger partial charge in [-0.25, -0.2) is 14.4 Å². The third kappa shape index (κ3) is 8.78. The van der Waals surface area contributed by atoms with E-state index in [2.05, 4.69) is 31.1 Å². The molecule has 0 unspecified atom stereocenters. The molecule has 0 heterocycles. The molecular weight excluding hydrogens is 836 g/mol. The number of anilines is 2. The van der Waals surface area contributed by atoms with Gasteiger partial charge in [-0.1, -0.05) is 11.6 Å². The molecule has 0 aliphatic carbocycles. The highest BCUT2D eigenvalue weighted by molar-refractivity contribution is 7.86. The molecule has 19 nitrogen and oxygen atoms in total. The molecule has 0 aliphatic rings. The Morgan fingerprint density at radius 2 is 1.03 bits per heavy atom. The third-order valence-electron chi connectivity index (χ3n) is 8.63. The molecule has 0 atom stereocenters. The number of halogens is 1. The quantitative estimate of drug-likeness (QED) is 0.0471. The van der Waals surface area contributed by atoms with Crippen LogP contribution in [-0.4, -0.2) is 64.3 Å². The predicted octanol–water partition coefficient (Wildman–Crippen LogP) is 9.04. The monoisotopic (exact) mass is 862 g/mol. The van der Waals surface area contributed by atoms with Gasteiger partial charge in [0.05, 0.1) is 21.8 Å². The topological polar surface area (TPSA) is 314 Å². The second-order valence-electron chi connectivity index (χ2n) is 12.7. The van der Waals surface area contributed by atoms with Crippen LogP contribution in [0.15, 0.2) is 109 Å². The number of carboxylic acids is 2. The lowest BCUT2D eigenvalue weighted by molar-refractivity contribution is 0.0686. The van der Waals surface area contributed by atoms with Crippen LogP contribution < -0.4 is 10.6 Å². The minimum Gasteiger partial charge on any atom is -0.505 e. The van der Waals surface area contributed by atoms with Crippen molar-refractivity contribution in [2.24, 2.45) is 20.5 Å². The summed E-state index contributed by atoms with van der Waals surface area (Å²) in [5.41, 5.74) is -0.530. The fourth-order valence-corrected chi connectivity index (χ4v) is 7.45. The lowest BCUT2D eigenvalue weighted by atomic mass is 10.1. The van der Waals surface area contributed by atoms with E-state index in [1.165, 1.54) is 74.5 Å². The number of carboxylic acid groups (broad SMARTS) is 2. The number of phenolic OH excluding ortho intramolecular Hbond substituents is 2. The summed E-state index contributed by atoms with van der Waals surface area (Å²) in [6.45, 7) is 3.02. The van der Waals surface area contributed by atoms with Gasteiger partial charge in [-0.15, -0.1) is 15.3 Å². The number of urea groups is 1. The van der Waals surface area contributed by atoms with Crippen molar-refractivity contribution in [3.63, 3.8) is 0 Å². The molecule has 0 saturated carbocycles. The molecule has 0 bridgehead atoms. The van der Waals surface area contributed by atoms with Gasteiger partial charge in [0.2, 0.25) is 0 Å². The molecule has 0 aliphatic heterocycles. The number of rotatable bonds is 10. The Morgan fingerprint density at radius 1 is 0.576 bits per heavy atom. The molecule has 0 saturated heterocycles. The van der Waals surface area contributed by atoms with E-state index in [0.717, 1.165) is 18.2 Å². The molecule has 6 rings (SSSR count). The van der Waals surface area contributed by atoms with E-state index in [0.29, 0.717) is 5.56 Å². The first-order chi connectivity index (χ1) is 27.6. The number of carbonyl (C=O) groups is 3. The van der Waals surface area contributed by atoms with E-state index in [1.54, 1.807) is 0 Å². The normalized spacial score (nSPS) is 12.1. The van der Waals surface area contributed by atoms with Crippen molar-refractivity contribution in [2.45, 2.75) is 23.6 Å². The van der Waals surface area contributed by atoms with Gasteiger partial charge >= 0.3 is 18.0 Å². The van der Waals surface area contributed by atoms with Crippen molar-refractivity contribution < 1.29 is 60.8 Å². The summed E-state index contributed by atoms with van der Waals surface area (Å²) < 4.78 is 69.6. The summed E-state index contributed by atoms with van der Waals surface area (Å²) in [7, 11) is -10.1. The van der Waals surface area contributed by atoms with Gasteiger partial charge < -0.3 is 31.1 Å². The average Bonchev–Trinajstić information content (AvgIpc) is 3.14. The number of aryl methyl sites for hydroxylation is 2. The molecule has 0 aromatic heterocycles. The van der Waals surface area contributed by atoms with E-state index in [-0.39, 0.29) is 66.0 Å². The summed E-state index contributed by atoms with van der Waals surface area (Å²) >= 11 is 6.18. The van der Waals surface area contributed by atoms with Crippen molar-refractivity contribution >= 4 is 105 Å². The summed E-state index contributed by atoms with van der Waals surface area (Å²) in [5, 5.41) is 61.1. The molecule has 6 aromatic rings. The first-order valence-corrected chi connectivity index (χ1v) is 19.7. The first kappa shape index (κ1) is 41.6. The predicted molar refractivity (Wildman–Crippen MR) is 213 cm³/mol. The first-order valence-electron chi connectivity index (χ1n) is 16.5. The number of fused-ring (bicyclic) bond motifs is 2. The molecule has 302 valence electrons. The number of aromatic carboxylic acids is 2. The van der Waals surface area contributed by atoms with Crippen LogP contribution in [0.5, 0.6) is 11.5 Å². The van der Waals surface area contributed by atoms with Gasteiger partial charge in [0.1, 0.15) is 26.9 Å². The number of nitrogens with one attached hydrogen (secondary N) is 2. The van der Waals surface area contributed by atoms with E-state index in [1.807, 2.05) is 0 Å². The van der Waals surface area contributed by atoms with E-state index < -0.39 is 70.9 Å². The highest BCUT2D eigenvalue weighted by atomic mass is 35.5. The summed E-state index contributed by atoms with van der Waals surface area (Å²) in [5.74, 6) is -3.84. The van der Waals surface area contributed by atoms with Crippen LogP contribution in [0.25, 0.3) is 21.5 Å². The Kier molecular flexibility index (Phi) is 11.1. The lowest BCUT2D eigenvalue weighted by Gasteiger charge is -2.13. The lowest BCUT2D eigenvalue weighted by Crippen LogP contribution is -2.19. The van der Waals surface area contributed by atoms with E-state index in [4.69, 9.17) is 11.6 Å². The van der Waals surface area contributed by atoms with Crippen LogP contribution in [0.2, 0.25) is 5.02 Å². The highest BCUT2D eigenvalue weighted by Crippen LogP contribution is 2.44. The summed E-state index contributed by atoms with van der Waals surface area (Å²) in [4.78, 5) is 34.0. The minimum absolute atomic E-state index is 0.0196. The van der Waals surface area contributed by atoms with Crippen LogP contribution in [-0.2, 0) is 20.2 Å². The van der Waals surface area contributed by atoms with Gasteiger partial charge in [0, 0.05) is 22.1 Å². The number of nitrogens with zero attached hydrogens (tertiary/aromatic N) is 4. The second kappa shape index (κ2) is 15.7. The number of hydrogen-bond acceptors (Lipinski definition) is 13. The van der Waals surface area contributed by atoms with Crippen LogP contribution in [0.4, 0.5) is 38.9 Å². The molecule has 0 radical (unpaired) electrons. The van der Waals surface area contributed by atoms with Crippen molar-refractivity contribution in [3.8, 4) is 11.5 Å². The second-order valence-corrected chi connectivity index (χ2v) is 15.9. The molecule has 59 heavy (non-hydrogen) atoms. The highest BCUT2D eigenvalue weighted by Gasteiger charge is 2.24. The Bertz CT molecular complexity index is 3080. The number of aromatic hydroxyl groups is 2. The smallest absolute Gasteiger partial charge is 0.335 e. The third-order valence-corrected chi connectivity index (χ3v) is 10.6. The standard InChI is InChI=1S/C37H27ClN6O13S2/c1-16-9-18(35(47)48)3-8-27(16)41-43-31-28(58(52,53)54)14-19-11-22(4-6-24(19)33(31)45)39-37(51)40-23-5-7-25-20(12-23)15-29(59(55,56)57)32(34(25)46)44-42-30-17(2)10-21(36(49)50)13-26(30)38/h3-15,45-46H,1-2H3,(H,47,48)(H,49,50)(H2,39,40,51)(H,52,53,54)(H,55,56,57). The Morgan fingerprint density at radius 3 is 1.47 bits per heavy atom. The SMILES string of the molecule is Cc1cc(C(=O)O)ccc1N=Nc1c(S(=O)(=O)O)cc2cc(NC(=O)Nc3ccc4c(O)c(N=Nc5c(C)cc(C(=O)O)cc5Cl)c(S(=O)(=O)O)cc4c3)ccc2c1O. The van der Waals surface area contributed by atoms with Gasteiger partial charge in [-0.3, -0.25) is 9.11 Å². The number of benzene rings is 6. The van der Waals surface area contributed by atoms with Gasteiger partial charge in [0.25, 0.3) is 20.2 Å². The van der Waals surface area contributed by atoms with Gasteiger partial charge in [0.15, 0.2) is 11.5 Å². The largest absolute Gasteiger partial charge is 0.505 e. The van der Waals surface area contributed by atoms with Gasteiger partial charge in [-0.2, -0.15) is 21.9 Å². The molecular formula is C37H27ClN6O13S2. The van der Waals surface area contributed by atoms with E-state index in [9.17, 15) is 60.8 Å². The number of phenols is 2. The molecule has 0 fully saturated rings. The maximum Gasteiger partial charge on any atom is 0.335 e. The molecule has 22 heteroatoms. The van der Waals surface area contributed by atoms with Crippen LogP contribution >= 0.6 is 11.6 Å². The van der Waals surface area contributed by atoms with E-state index >= 15 is 0 Å². The minimum atomic E-state index is -5.05. The van der Waals surface area contributed by atoms with Gasteiger partial charge in [-0.05, 0) is 115 Å². The Hall–Kier alpha value is -7.04.